The van der Waals surface area contributed by atoms with Crippen molar-refractivity contribution in [3.63, 3.8) is 0 Å². The Morgan fingerprint density at radius 1 is 1.24 bits per heavy atom. The number of Topliss-reactive ketones (excluding diaryl/α,β-unsaturated/α-hetero) is 1. The van der Waals surface area contributed by atoms with Gasteiger partial charge in [0.2, 0.25) is 5.78 Å². The molecule has 0 saturated heterocycles. The van der Waals surface area contributed by atoms with Gasteiger partial charge in [0.1, 0.15) is 11.9 Å². The lowest BCUT2D eigenvalue weighted by atomic mass is 9.98. The second-order valence-corrected chi connectivity index (χ2v) is 9.14. The molecule has 1 unspecified atom stereocenters. The molecule has 1 aliphatic rings. The number of nitrogens with zero attached hydrogens (tertiary/aromatic N) is 1. The van der Waals surface area contributed by atoms with Gasteiger partial charge < -0.3 is 14.3 Å². The first-order valence-electron chi connectivity index (χ1n) is 10.2. The zero-order valence-corrected chi connectivity index (χ0v) is 19.5. The Morgan fingerprint density at radius 3 is 2.71 bits per heavy atom. The number of aliphatic hydroxyl groups is 1. The third-order valence-electron chi connectivity index (χ3n) is 5.68. The molecule has 0 saturated carbocycles. The van der Waals surface area contributed by atoms with E-state index in [1.165, 1.54) is 47.6 Å². The Balaban J connectivity index is 1.67. The molecule has 3 heterocycles. The summed E-state index contributed by atoms with van der Waals surface area (Å²) in [6.07, 6.45) is 0. The highest BCUT2D eigenvalue weighted by Crippen LogP contribution is 2.45. The number of ether oxygens (including phenoxy) is 1. The number of aliphatic hydroxyl groups excluding tert-OH is 1. The van der Waals surface area contributed by atoms with Crippen LogP contribution >= 0.6 is 22.9 Å². The maximum Gasteiger partial charge on any atom is 0.294 e. The number of benzene rings is 2. The minimum atomic E-state index is -0.958. The molecule has 0 aliphatic carbocycles. The molecule has 0 bridgehead atoms. The monoisotopic (exact) mass is 497 g/mol. The fourth-order valence-electron chi connectivity index (χ4n) is 4.12. The van der Waals surface area contributed by atoms with Crippen molar-refractivity contribution in [1.82, 2.24) is 0 Å². The number of amides is 1. The average Bonchev–Trinajstić information content (AvgIpc) is 3.49. The molecule has 4 aromatic rings. The molecule has 1 aliphatic heterocycles. The predicted molar refractivity (Wildman–Crippen MR) is 127 cm³/mol. The molecule has 1 atom stereocenters. The van der Waals surface area contributed by atoms with Gasteiger partial charge in [-0.15, -0.1) is 11.3 Å². The van der Waals surface area contributed by atoms with E-state index in [-0.39, 0.29) is 17.0 Å². The molecule has 34 heavy (non-hydrogen) atoms. The quantitative estimate of drug-likeness (QED) is 0.323. The molecule has 172 valence electrons. The van der Waals surface area contributed by atoms with Crippen molar-refractivity contribution >= 4 is 51.3 Å². The van der Waals surface area contributed by atoms with E-state index in [0.29, 0.717) is 26.6 Å². The standard InChI is InChI=1S/C25H17ClFNO5S/c1-12-6-7-34-24(12)20-19(22(30)25(31)28(20)16-5-3-4-15(27)11-16)21(29)17-9-13-8-14(26)10-18(32-2)23(13)33-17/h3-11,20,30H,1-2H3. The van der Waals surface area contributed by atoms with Gasteiger partial charge >= 0.3 is 0 Å². The summed E-state index contributed by atoms with van der Waals surface area (Å²) in [4.78, 5) is 28.8. The van der Waals surface area contributed by atoms with E-state index in [2.05, 4.69) is 0 Å². The Bertz CT molecular complexity index is 1500. The molecular formula is C25H17ClFNO5S. The number of carbonyl (C=O) groups excluding carboxylic acids is 2. The van der Waals surface area contributed by atoms with Crippen LogP contribution in [0.15, 0.2) is 69.7 Å². The Labute approximate surface area is 202 Å². The number of furan rings is 1. The molecule has 9 heteroatoms. The summed E-state index contributed by atoms with van der Waals surface area (Å²) < 4.78 is 25.1. The lowest BCUT2D eigenvalue weighted by molar-refractivity contribution is -0.117. The van der Waals surface area contributed by atoms with E-state index >= 15 is 0 Å². The lowest BCUT2D eigenvalue weighted by Gasteiger charge is -2.26. The van der Waals surface area contributed by atoms with Crippen LogP contribution in [0.4, 0.5) is 10.1 Å². The number of anilines is 1. The molecule has 2 aromatic carbocycles. The Morgan fingerprint density at radius 2 is 2.03 bits per heavy atom. The van der Waals surface area contributed by atoms with Crippen LogP contribution in [-0.2, 0) is 4.79 Å². The molecule has 2 aromatic heterocycles. The van der Waals surface area contributed by atoms with Crippen LogP contribution in [0.3, 0.4) is 0 Å². The smallest absolute Gasteiger partial charge is 0.294 e. The van der Waals surface area contributed by atoms with E-state index in [4.69, 9.17) is 20.8 Å². The number of fused-ring (bicyclic) bond motifs is 1. The lowest BCUT2D eigenvalue weighted by Crippen LogP contribution is -2.31. The van der Waals surface area contributed by atoms with Crippen molar-refractivity contribution in [1.29, 1.82) is 0 Å². The van der Waals surface area contributed by atoms with Gasteiger partial charge in [-0.2, -0.15) is 0 Å². The summed E-state index contributed by atoms with van der Waals surface area (Å²) >= 11 is 7.46. The first-order valence-corrected chi connectivity index (χ1v) is 11.4. The Hall–Kier alpha value is -3.62. The molecule has 1 amide bonds. The average molecular weight is 498 g/mol. The number of ketones is 1. The number of hydrogen-bond acceptors (Lipinski definition) is 6. The van der Waals surface area contributed by atoms with Crippen molar-refractivity contribution in [2.45, 2.75) is 13.0 Å². The van der Waals surface area contributed by atoms with Crippen molar-refractivity contribution in [2.75, 3.05) is 12.0 Å². The van der Waals surface area contributed by atoms with E-state index in [0.717, 1.165) is 5.56 Å². The molecule has 5 rings (SSSR count). The summed E-state index contributed by atoms with van der Waals surface area (Å²) in [7, 11) is 1.45. The number of thiophene rings is 1. The van der Waals surface area contributed by atoms with Gasteiger partial charge in [-0.25, -0.2) is 4.39 Å². The van der Waals surface area contributed by atoms with Crippen molar-refractivity contribution in [2.24, 2.45) is 0 Å². The van der Waals surface area contributed by atoms with Gasteiger partial charge in [0.25, 0.3) is 5.91 Å². The molecule has 6 nitrogen and oxygen atoms in total. The first-order chi connectivity index (χ1) is 16.3. The van der Waals surface area contributed by atoms with Crippen molar-refractivity contribution < 1.29 is 28.2 Å². The highest BCUT2D eigenvalue weighted by atomic mass is 35.5. The normalized spacial score (nSPS) is 16.1. The number of aryl methyl sites for hydroxylation is 1. The zero-order chi connectivity index (χ0) is 24.1. The molecule has 0 radical (unpaired) electrons. The summed E-state index contributed by atoms with van der Waals surface area (Å²) in [6, 6.07) is 11.0. The SMILES string of the molecule is COc1cc(Cl)cc2cc(C(=O)C3=C(O)C(=O)N(c4cccc(F)c4)C3c3sccc3C)oc12. The van der Waals surface area contributed by atoms with E-state index in [1.807, 2.05) is 18.4 Å². The van der Waals surface area contributed by atoms with Gasteiger partial charge in [0, 0.05) is 27.0 Å². The number of rotatable bonds is 5. The molecular weight excluding hydrogens is 481 g/mol. The number of carbonyl (C=O) groups is 2. The van der Waals surface area contributed by atoms with Crippen LogP contribution in [-0.4, -0.2) is 23.9 Å². The number of halogens is 2. The topological polar surface area (TPSA) is 80.0 Å². The second kappa shape index (κ2) is 8.30. The van der Waals surface area contributed by atoms with Crippen LogP contribution in [0.25, 0.3) is 11.0 Å². The van der Waals surface area contributed by atoms with Gasteiger partial charge in [-0.05, 0) is 54.3 Å². The van der Waals surface area contributed by atoms with Crippen LogP contribution in [0.2, 0.25) is 5.02 Å². The summed E-state index contributed by atoms with van der Waals surface area (Å²) in [5.74, 6) is -2.48. The highest BCUT2D eigenvalue weighted by molar-refractivity contribution is 7.10. The maximum absolute atomic E-state index is 14.0. The summed E-state index contributed by atoms with van der Waals surface area (Å²) in [6.45, 7) is 1.84. The molecule has 0 fully saturated rings. The van der Waals surface area contributed by atoms with E-state index < -0.39 is 29.3 Å². The van der Waals surface area contributed by atoms with Gasteiger partial charge in [-0.1, -0.05) is 17.7 Å². The van der Waals surface area contributed by atoms with Crippen molar-refractivity contribution in [3.8, 4) is 5.75 Å². The van der Waals surface area contributed by atoms with Gasteiger partial charge in [0.15, 0.2) is 22.9 Å². The third-order valence-corrected chi connectivity index (χ3v) is 6.97. The minimum absolute atomic E-state index is 0.0924. The fraction of sp³-hybridized carbons (Fsp3) is 0.120. The number of hydrogen-bond donors (Lipinski definition) is 1. The van der Waals surface area contributed by atoms with Crippen LogP contribution in [0, 0.1) is 12.7 Å². The Kier molecular flexibility index (Phi) is 5.42. The fourth-order valence-corrected chi connectivity index (χ4v) is 5.37. The molecule has 0 spiro atoms. The summed E-state index contributed by atoms with van der Waals surface area (Å²) in [5.41, 5.74) is 1.20. The highest BCUT2D eigenvalue weighted by Gasteiger charge is 2.46. The largest absolute Gasteiger partial charge is 0.503 e. The van der Waals surface area contributed by atoms with Crippen LogP contribution < -0.4 is 9.64 Å². The van der Waals surface area contributed by atoms with E-state index in [9.17, 15) is 19.1 Å². The van der Waals surface area contributed by atoms with Gasteiger partial charge in [0.05, 0.1) is 12.7 Å². The van der Waals surface area contributed by atoms with Crippen LogP contribution in [0.5, 0.6) is 5.75 Å². The maximum atomic E-state index is 14.0. The second-order valence-electron chi connectivity index (χ2n) is 7.75. The van der Waals surface area contributed by atoms with Crippen molar-refractivity contribution in [3.05, 3.63) is 92.3 Å². The van der Waals surface area contributed by atoms with E-state index in [1.54, 1.807) is 18.2 Å². The third kappa shape index (κ3) is 3.46. The number of methoxy groups -OCH3 is 1. The predicted octanol–water partition coefficient (Wildman–Crippen LogP) is 6.39. The summed E-state index contributed by atoms with van der Waals surface area (Å²) in [5, 5.41) is 13.6. The van der Waals surface area contributed by atoms with Crippen LogP contribution in [0.1, 0.15) is 27.0 Å². The zero-order valence-electron chi connectivity index (χ0n) is 18.0. The molecule has 1 N–H and O–H groups in total. The first kappa shape index (κ1) is 22.2. The minimum Gasteiger partial charge on any atom is -0.503 e. The van der Waals surface area contributed by atoms with Gasteiger partial charge in [-0.3, -0.25) is 14.5 Å².